The number of anilines is 1. The van der Waals surface area contributed by atoms with Gasteiger partial charge in [0.25, 0.3) is 5.91 Å². The maximum atomic E-state index is 13.8. The van der Waals surface area contributed by atoms with Gasteiger partial charge in [-0.15, -0.1) is 0 Å². The molecule has 0 aliphatic carbocycles. The van der Waals surface area contributed by atoms with Crippen molar-refractivity contribution >= 4 is 33.4 Å². The zero-order valence-corrected chi connectivity index (χ0v) is 17.1. The fraction of sp³-hybridized carbons (Fsp3) is 0.0800. The van der Waals surface area contributed by atoms with Gasteiger partial charge in [0.15, 0.2) is 0 Å². The second kappa shape index (κ2) is 7.60. The smallest absolute Gasteiger partial charge is 0.272 e. The van der Waals surface area contributed by atoms with Gasteiger partial charge in [-0.1, -0.05) is 0 Å². The number of amides is 1. The molecule has 0 radical (unpaired) electrons. The van der Waals surface area contributed by atoms with Gasteiger partial charge < -0.3 is 14.5 Å². The van der Waals surface area contributed by atoms with Crippen LogP contribution in [0.1, 0.15) is 16.1 Å². The summed E-state index contributed by atoms with van der Waals surface area (Å²) in [4.78, 5) is 13.2. The molecule has 0 spiro atoms. The lowest BCUT2D eigenvalue weighted by Crippen LogP contribution is -2.17. The Morgan fingerprint density at radius 2 is 1.56 bits per heavy atom. The van der Waals surface area contributed by atoms with E-state index in [1.165, 1.54) is 24.3 Å². The van der Waals surface area contributed by atoms with E-state index in [2.05, 4.69) is 5.32 Å². The van der Waals surface area contributed by atoms with Crippen LogP contribution in [-0.2, 0) is 13.6 Å². The molecule has 0 saturated carbocycles. The Balaban J connectivity index is 1.55. The Bertz CT molecular complexity index is 1480. The van der Waals surface area contributed by atoms with E-state index >= 15 is 0 Å². The Labute approximate surface area is 181 Å². The van der Waals surface area contributed by atoms with Crippen LogP contribution in [0.25, 0.3) is 21.8 Å². The van der Waals surface area contributed by atoms with Crippen molar-refractivity contribution < 1.29 is 18.0 Å². The van der Waals surface area contributed by atoms with Crippen LogP contribution in [0.2, 0.25) is 0 Å². The first-order valence-electron chi connectivity index (χ1n) is 9.97. The van der Waals surface area contributed by atoms with Crippen molar-refractivity contribution in [3.63, 3.8) is 0 Å². The molecule has 0 aliphatic heterocycles. The number of hydrogen-bond acceptors (Lipinski definition) is 1. The van der Waals surface area contributed by atoms with Gasteiger partial charge in [-0.25, -0.2) is 13.2 Å². The average molecular weight is 433 g/mol. The molecule has 0 bridgehead atoms. The maximum Gasteiger partial charge on any atom is 0.272 e. The second-order valence-electron chi connectivity index (χ2n) is 7.75. The molecular weight excluding hydrogens is 415 g/mol. The first-order valence-corrected chi connectivity index (χ1v) is 9.97. The first kappa shape index (κ1) is 19.9. The van der Waals surface area contributed by atoms with Crippen molar-refractivity contribution in [2.45, 2.75) is 6.54 Å². The normalized spacial score (nSPS) is 11.4. The maximum absolute atomic E-state index is 13.8. The molecule has 1 amide bonds. The van der Waals surface area contributed by atoms with Crippen LogP contribution in [-0.4, -0.2) is 15.0 Å². The summed E-state index contributed by atoms with van der Waals surface area (Å²) in [6, 6.07) is 16.5. The predicted octanol–water partition coefficient (Wildman–Crippen LogP) is 5.85. The molecule has 0 aliphatic rings. The number of benzene rings is 3. The number of carbonyl (C=O) groups excluding carboxylic acids is 1. The standard InChI is InChI=1S/C25H18F3N3O/c1-30-7-6-16-11-21(3-5-22(16)30)29-25(32)24-12-17-10-18(26)2-4-23(17)31(24)14-15-8-19(27)13-20(28)9-15/h2-13H,14H2,1H3,(H,29,32). The number of hydrogen-bond donors (Lipinski definition) is 1. The lowest BCUT2D eigenvalue weighted by Gasteiger charge is -2.12. The fourth-order valence-electron chi connectivity index (χ4n) is 4.04. The van der Waals surface area contributed by atoms with E-state index < -0.39 is 23.4 Å². The van der Waals surface area contributed by atoms with E-state index in [4.69, 9.17) is 0 Å². The molecule has 2 aromatic heterocycles. The van der Waals surface area contributed by atoms with Gasteiger partial charge in [0.1, 0.15) is 23.1 Å². The van der Waals surface area contributed by atoms with Crippen molar-refractivity contribution in [1.29, 1.82) is 0 Å². The minimum absolute atomic E-state index is 0.0459. The van der Waals surface area contributed by atoms with Crippen molar-refractivity contribution in [1.82, 2.24) is 9.13 Å². The zero-order valence-electron chi connectivity index (χ0n) is 17.1. The summed E-state index contributed by atoms with van der Waals surface area (Å²) in [6.45, 7) is 0.0459. The summed E-state index contributed by atoms with van der Waals surface area (Å²) in [7, 11) is 1.94. The van der Waals surface area contributed by atoms with E-state index in [0.29, 0.717) is 22.2 Å². The van der Waals surface area contributed by atoms with E-state index in [1.807, 2.05) is 36.0 Å². The molecule has 0 unspecified atom stereocenters. The van der Waals surface area contributed by atoms with Gasteiger partial charge >= 0.3 is 0 Å². The summed E-state index contributed by atoms with van der Waals surface area (Å²) in [5.41, 5.74) is 2.82. The minimum atomic E-state index is -0.704. The lowest BCUT2D eigenvalue weighted by molar-refractivity contribution is 0.101. The summed E-state index contributed by atoms with van der Waals surface area (Å²) in [6.07, 6.45) is 1.93. The van der Waals surface area contributed by atoms with Crippen LogP contribution < -0.4 is 5.32 Å². The molecule has 32 heavy (non-hydrogen) atoms. The predicted molar refractivity (Wildman–Crippen MR) is 118 cm³/mol. The van der Waals surface area contributed by atoms with Crippen LogP contribution in [0.5, 0.6) is 0 Å². The van der Waals surface area contributed by atoms with Gasteiger partial charge in [0.2, 0.25) is 0 Å². The highest BCUT2D eigenvalue weighted by Crippen LogP contribution is 2.25. The van der Waals surface area contributed by atoms with Crippen molar-refractivity contribution in [3.8, 4) is 0 Å². The monoisotopic (exact) mass is 433 g/mol. The molecule has 1 N–H and O–H groups in total. The van der Waals surface area contributed by atoms with Gasteiger partial charge in [0.05, 0.1) is 0 Å². The van der Waals surface area contributed by atoms with Crippen LogP contribution in [0.15, 0.2) is 72.9 Å². The summed E-state index contributed by atoms with van der Waals surface area (Å²) < 4.78 is 44.8. The minimum Gasteiger partial charge on any atom is -0.351 e. The van der Waals surface area contributed by atoms with Gasteiger partial charge in [-0.05, 0) is 66.2 Å². The molecule has 160 valence electrons. The van der Waals surface area contributed by atoms with Crippen molar-refractivity contribution in [3.05, 3.63) is 102 Å². The number of nitrogens with one attached hydrogen (secondary N) is 1. The Morgan fingerprint density at radius 1 is 0.812 bits per heavy atom. The van der Waals surface area contributed by atoms with Crippen LogP contribution in [0.4, 0.5) is 18.9 Å². The van der Waals surface area contributed by atoms with Crippen LogP contribution >= 0.6 is 0 Å². The highest BCUT2D eigenvalue weighted by Gasteiger charge is 2.18. The number of nitrogens with zero attached hydrogens (tertiary/aromatic N) is 2. The molecule has 5 rings (SSSR count). The van der Waals surface area contributed by atoms with Crippen molar-refractivity contribution in [2.75, 3.05) is 5.32 Å². The summed E-state index contributed by atoms with van der Waals surface area (Å²) in [5, 5.41) is 4.37. The summed E-state index contributed by atoms with van der Waals surface area (Å²) >= 11 is 0. The number of halogens is 3. The largest absolute Gasteiger partial charge is 0.351 e. The van der Waals surface area contributed by atoms with E-state index in [1.54, 1.807) is 22.8 Å². The molecule has 4 nitrogen and oxygen atoms in total. The summed E-state index contributed by atoms with van der Waals surface area (Å²) in [5.74, 6) is -2.25. The van der Waals surface area contributed by atoms with Gasteiger partial charge in [-0.3, -0.25) is 4.79 Å². The molecule has 3 aromatic carbocycles. The molecule has 0 atom stereocenters. The van der Waals surface area contributed by atoms with E-state index in [9.17, 15) is 18.0 Å². The Hall–Kier alpha value is -4.00. The third-order valence-electron chi connectivity index (χ3n) is 5.50. The number of carbonyl (C=O) groups is 1. The number of rotatable bonds is 4. The fourth-order valence-corrected chi connectivity index (χ4v) is 4.04. The van der Waals surface area contributed by atoms with Gasteiger partial charge in [0, 0.05) is 53.3 Å². The molecule has 0 fully saturated rings. The lowest BCUT2D eigenvalue weighted by atomic mass is 10.2. The topological polar surface area (TPSA) is 39.0 Å². The molecular formula is C25H18F3N3O. The first-order chi connectivity index (χ1) is 15.4. The van der Waals surface area contributed by atoms with E-state index in [-0.39, 0.29) is 12.2 Å². The number of fused-ring (bicyclic) bond motifs is 2. The van der Waals surface area contributed by atoms with Crippen LogP contribution in [0.3, 0.4) is 0 Å². The van der Waals surface area contributed by atoms with Crippen LogP contribution in [0, 0.1) is 17.5 Å². The highest BCUT2D eigenvalue weighted by molar-refractivity contribution is 6.07. The third-order valence-corrected chi connectivity index (χ3v) is 5.50. The average Bonchev–Trinajstić information content (AvgIpc) is 3.27. The van der Waals surface area contributed by atoms with Gasteiger partial charge in [-0.2, -0.15) is 0 Å². The molecule has 7 heteroatoms. The SMILES string of the molecule is Cn1ccc2cc(NC(=O)c3cc4cc(F)ccc4n3Cc3cc(F)cc(F)c3)ccc21. The van der Waals surface area contributed by atoms with Crippen molar-refractivity contribution in [2.24, 2.45) is 7.05 Å². The second-order valence-corrected chi connectivity index (χ2v) is 7.75. The Morgan fingerprint density at radius 3 is 2.34 bits per heavy atom. The number of aromatic nitrogens is 2. The quantitative estimate of drug-likeness (QED) is 0.379. The zero-order chi connectivity index (χ0) is 22.4. The molecule has 2 heterocycles. The third kappa shape index (κ3) is 3.62. The Kier molecular flexibility index (Phi) is 4.74. The van der Waals surface area contributed by atoms with E-state index in [0.717, 1.165) is 17.0 Å². The number of aryl methyl sites for hydroxylation is 1. The highest BCUT2D eigenvalue weighted by atomic mass is 19.1. The molecule has 0 saturated heterocycles. The molecule has 5 aromatic rings.